The van der Waals surface area contributed by atoms with E-state index in [1.807, 2.05) is 25.1 Å². The van der Waals surface area contributed by atoms with E-state index in [2.05, 4.69) is 5.32 Å². The topological polar surface area (TPSA) is 54.6 Å². The minimum absolute atomic E-state index is 0.0464. The first-order chi connectivity index (χ1) is 9.20. The van der Waals surface area contributed by atoms with Gasteiger partial charge < -0.3 is 19.6 Å². The lowest BCUT2D eigenvalue weighted by molar-refractivity contribution is 0.407. The molecule has 19 heavy (non-hydrogen) atoms. The van der Waals surface area contributed by atoms with Crippen molar-refractivity contribution in [1.29, 1.82) is 0 Å². The van der Waals surface area contributed by atoms with Crippen LogP contribution in [0.15, 0.2) is 41.0 Å². The second kappa shape index (κ2) is 6.29. The first-order valence-corrected chi connectivity index (χ1v) is 6.33. The molecule has 1 heterocycles. The molecule has 2 N–H and O–H groups in total. The van der Waals surface area contributed by atoms with Crippen LogP contribution in [0.1, 0.15) is 24.3 Å². The molecule has 2 rings (SSSR count). The van der Waals surface area contributed by atoms with Gasteiger partial charge in [-0.3, -0.25) is 0 Å². The van der Waals surface area contributed by atoms with Crippen molar-refractivity contribution in [3.8, 4) is 11.5 Å². The highest BCUT2D eigenvalue weighted by molar-refractivity contribution is 5.41. The van der Waals surface area contributed by atoms with E-state index in [0.29, 0.717) is 0 Å². The van der Waals surface area contributed by atoms with Gasteiger partial charge in [-0.2, -0.15) is 0 Å². The number of phenols is 1. The third-order valence-corrected chi connectivity index (χ3v) is 3.10. The molecule has 0 spiro atoms. The largest absolute Gasteiger partial charge is 0.508 e. The van der Waals surface area contributed by atoms with Gasteiger partial charge in [-0.25, -0.2) is 0 Å². The summed E-state index contributed by atoms with van der Waals surface area (Å²) in [7, 11) is 1.62. The number of hydrogen-bond donors (Lipinski definition) is 2. The smallest absolute Gasteiger partial charge is 0.120 e. The van der Waals surface area contributed by atoms with Gasteiger partial charge in [0.2, 0.25) is 0 Å². The summed E-state index contributed by atoms with van der Waals surface area (Å²) >= 11 is 0. The summed E-state index contributed by atoms with van der Waals surface area (Å²) in [5, 5.41) is 13.2. The van der Waals surface area contributed by atoms with Crippen LogP contribution in [0.4, 0.5) is 0 Å². The second-order valence-corrected chi connectivity index (χ2v) is 4.43. The SMILES string of the molecule is COc1ccc(O)c(C(C)NCCc2ccco2)c1. The summed E-state index contributed by atoms with van der Waals surface area (Å²) in [4.78, 5) is 0. The van der Waals surface area contributed by atoms with Crippen molar-refractivity contribution in [2.45, 2.75) is 19.4 Å². The number of ether oxygens (including phenoxy) is 1. The third kappa shape index (κ3) is 3.51. The van der Waals surface area contributed by atoms with E-state index in [4.69, 9.17) is 9.15 Å². The van der Waals surface area contributed by atoms with Crippen LogP contribution in [-0.2, 0) is 6.42 Å². The predicted molar refractivity (Wildman–Crippen MR) is 73.5 cm³/mol. The highest BCUT2D eigenvalue weighted by atomic mass is 16.5. The maximum Gasteiger partial charge on any atom is 0.120 e. The number of aromatic hydroxyl groups is 1. The Morgan fingerprint density at radius 2 is 2.21 bits per heavy atom. The van der Waals surface area contributed by atoms with Gasteiger partial charge in [-0.05, 0) is 37.3 Å². The van der Waals surface area contributed by atoms with Gasteiger partial charge in [-0.1, -0.05) is 0 Å². The van der Waals surface area contributed by atoms with Crippen LogP contribution in [0, 0.1) is 0 Å². The molecular weight excluding hydrogens is 242 g/mol. The molecule has 4 heteroatoms. The Balaban J connectivity index is 1.93. The summed E-state index contributed by atoms with van der Waals surface area (Å²) in [6.45, 7) is 2.79. The Bertz CT molecular complexity index is 508. The number of hydrogen-bond acceptors (Lipinski definition) is 4. The van der Waals surface area contributed by atoms with Crippen LogP contribution < -0.4 is 10.1 Å². The average molecular weight is 261 g/mol. The Morgan fingerprint density at radius 1 is 1.37 bits per heavy atom. The molecule has 0 fully saturated rings. The molecule has 1 unspecified atom stereocenters. The van der Waals surface area contributed by atoms with E-state index in [-0.39, 0.29) is 11.8 Å². The number of methoxy groups -OCH3 is 1. The van der Waals surface area contributed by atoms with Crippen LogP contribution in [0.5, 0.6) is 11.5 Å². The zero-order chi connectivity index (χ0) is 13.7. The Labute approximate surface area is 113 Å². The normalized spacial score (nSPS) is 12.3. The van der Waals surface area contributed by atoms with Crippen molar-refractivity contribution in [2.24, 2.45) is 0 Å². The average Bonchev–Trinajstić information content (AvgIpc) is 2.92. The number of phenolic OH excluding ortho intramolecular Hbond substituents is 1. The summed E-state index contributed by atoms with van der Waals surface area (Å²) in [6, 6.07) is 9.12. The molecule has 0 saturated carbocycles. The van der Waals surface area contributed by atoms with Gasteiger partial charge in [0.1, 0.15) is 17.3 Å². The van der Waals surface area contributed by atoms with Gasteiger partial charge in [0.15, 0.2) is 0 Å². The lowest BCUT2D eigenvalue weighted by Gasteiger charge is -2.16. The molecule has 1 atom stereocenters. The molecular formula is C15H19NO3. The molecule has 0 aliphatic heterocycles. The number of benzene rings is 1. The molecule has 1 aromatic heterocycles. The molecule has 0 bridgehead atoms. The molecule has 0 saturated heterocycles. The Hall–Kier alpha value is -1.94. The lowest BCUT2D eigenvalue weighted by atomic mass is 10.1. The number of furan rings is 1. The Morgan fingerprint density at radius 3 is 2.89 bits per heavy atom. The zero-order valence-corrected chi connectivity index (χ0v) is 11.2. The predicted octanol–water partition coefficient (Wildman–Crippen LogP) is 2.89. The van der Waals surface area contributed by atoms with Crippen molar-refractivity contribution in [3.63, 3.8) is 0 Å². The van der Waals surface area contributed by atoms with Gasteiger partial charge in [-0.15, -0.1) is 0 Å². The summed E-state index contributed by atoms with van der Waals surface area (Å²) < 4.78 is 10.4. The van der Waals surface area contributed by atoms with Gasteiger partial charge in [0.05, 0.1) is 13.4 Å². The standard InChI is InChI=1S/C15H19NO3/c1-11(16-8-7-12-4-3-9-19-12)14-10-13(18-2)5-6-15(14)17/h3-6,9-11,16-17H,7-8H2,1-2H3. The van der Waals surface area contributed by atoms with E-state index < -0.39 is 0 Å². The van der Waals surface area contributed by atoms with Crippen LogP contribution in [-0.4, -0.2) is 18.8 Å². The maximum absolute atomic E-state index is 9.87. The minimum atomic E-state index is 0.0464. The van der Waals surface area contributed by atoms with Crippen molar-refractivity contribution in [2.75, 3.05) is 13.7 Å². The van der Waals surface area contributed by atoms with E-state index in [0.717, 1.165) is 30.0 Å². The molecule has 4 nitrogen and oxygen atoms in total. The zero-order valence-electron chi connectivity index (χ0n) is 11.2. The lowest BCUT2D eigenvalue weighted by Crippen LogP contribution is -2.21. The first-order valence-electron chi connectivity index (χ1n) is 6.33. The monoisotopic (exact) mass is 261 g/mol. The maximum atomic E-state index is 9.87. The highest BCUT2D eigenvalue weighted by Gasteiger charge is 2.11. The molecule has 2 aromatic rings. The molecule has 1 aromatic carbocycles. The minimum Gasteiger partial charge on any atom is -0.508 e. The van der Waals surface area contributed by atoms with Crippen molar-refractivity contribution >= 4 is 0 Å². The second-order valence-electron chi connectivity index (χ2n) is 4.43. The fourth-order valence-corrected chi connectivity index (χ4v) is 1.98. The Kier molecular flexibility index (Phi) is 4.47. The molecule has 102 valence electrons. The van der Waals surface area contributed by atoms with Crippen LogP contribution in [0.3, 0.4) is 0 Å². The molecule has 0 amide bonds. The fourth-order valence-electron chi connectivity index (χ4n) is 1.98. The third-order valence-electron chi connectivity index (χ3n) is 3.10. The van der Waals surface area contributed by atoms with Gasteiger partial charge >= 0.3 is 0 Å². The number of nitrogens with one attached hydrogen (secondary N) is 1. The van der Waals surface area contributed by atoms with Crippen molar-refractivity contribution in [3.05, 3.63) is 47.9 Å². The summed E-state index contributed by atoms with van der Waals surface area (Å²) in [5.41, 5.74) is 0.832. The van der Waals surface area contributed by atoms with E-state index in [1.165, 1.54) is 0 Å². The highest BCUT2D eigenvalue weighted by Crippen LogP contribution is 2.28. The molecule has 0 aliphatic rings. The van der Waals surface area contributed by atoms with Crippen LogP contribution in [0.2, 0.25) is 0 Å². The van der Waals surface area contributed by atoms with Crippen molar-refractivity contribution in [1.82, 2.24) is 5.32 Å². The van der Waals surface area contributed by atoms with E-state index in [1.54, 1.807) is 25.5 Å². The quantitative estimate of drug-likeness (QED) is 0.839. The van der Waals surface area contributed by atoms with Crippen LogP contribution in [0.25, 0.3) is 0 Å². The summed E-state index contributed by atoms with van der Waals surface area (Å²) in [6.07, 6.45) is 2.49. The van der Waals surface area contributed by atoms with Crippen LogP contribution >= 0.6 is 0 Å². The number of rotatable bonds is 6. The summed E-state index contributed by atoms with van der Waals surface area (Å²) in [5.74, 6) is 1.97. The van der Waals surface area contributed by atoms with E-state index in [9.17, 15) is 5.11 Å². The van der Waals surface area contributed by atoms with Crippen molar-refractivity contribution < 1.29 is 14.3 Å². The first kappa shape index (κ1) is 13.5. The molecule has 0 aliphatic carbocycles. The molecule has 0 radical (unpaired) electrons. The fraction of sp³-hybridized carbons (Fsp3) is 0.333. The van der Waals surface area contributed by atoms with Gasteiger partial charge in [0, 0.05) is 24.6 Å². The van der Waals surface area contributed by atoms with E-state index >= 15 is 0 Å². The van der Waals surface area contributed by atoms with Gasteiger partial charge in [0.25, 0.3) is 0 Å².